The second kappa shape index (κ2) is 6.79. The maximum absolute atomic E-state index is 5.25. The van der Waals surface area contributed by atoms with Crippen molar-refractivity contribution in [1.82, 2.24) is 0 Å². The van der Waals surface area contributed by atoms with Gasteiger partial charge in [0.2, 0.25) is 0 Å². The van der Waals surface area contributed by atoms with Crippen molar-refractivity contribution in [3.8, 4) is 5.75 Å². The van der Waals surface area contributed by atoms with E-state index in [0.29, 0.717) is 5.92 Å². The van der Waals surface area contributed by atoms with E-state index in [1.807, 2.05) is 18.2 Å². The number of benzene rings is 2. The second-order valence-corrected chi connectivity index (χ2v) is 4.68. The third kappa shape index (κ3) is 3.99. The highest BCUT2D eigenvalue weighted by Gasteiger charge is 2.02. The van der Waals surface area contributed by atoms with Crippen molar-refractivity contribution in [2.75, 3.05) is 7.11 Å². The van der Waals surface area contributed by atoms with Crippen LogP contribution in [0.2, 0.25) is 0 Å². The Morgan fingerprint density at radius 2 is 1.84 bits per heavy atom. The van der Waals surface area contributed by atoms with Gasteiger partial charge in [-0.05, 0) is 35.6 Å². The number of rotatable bonds is 5. The third-order valence-electron chi connectivity index (χ3n) is 3.24. The number of ether oxygens (including phenoxy) is 1. The van der Waals surface area contributed by atoms with Crippen molar-refractivity contribution in [1.29, 1.82) is 0 Å². The minimum atomic E-state index is 0.402. The largest absolute Gasteiger partial charge is 0.497 e. The molecule has 0 bridgehead atoms. The lowest BCUT2D eigenvalue weighted by molar-refractivity contribution is 0.414. The lowest BCUT2D eigenvalue weighted by Crippen LogP contribution is -1.91. The van der Waals surface area contributed by atoms with Crippen LogP contribution < -0.4 is 4.74 Å². The fourth-order valence-electron chi connectivity index (χ4n) is 2.06. The predicted octanol–water partition coefficient (Wildman–Crippen LogP) is 4.60. The third-order valence-corrected chi connectivity index (χ3v) is 3.24. The molecule has 0 saturated heterocycles. The Morgan fingerprint density at radius 3 is 2.58 bits per heavy atom. The molecule has 0 N–H and O–H groups in total. The lowest BCUT2D eigenvalue weighted by atomic mass is 9.99. The predicted molar refractivity (Wildman–Crippen MR) is 80.7 cm³/mol. The summed E-state index contributed by atoms with van der Waals surface area (Å²) < 4.78 is 5.25. The van der Waals surface area contributed by atoms with Crippen molar-refractivity contribution < 1.29 is 4.74 Å². The molecular weight excluding hydrogens is 232 g/mol. The van der Waals surface area contributed by atoms with Crippen LogP contribution >= 0.6 is 0 Å². The Hall–Kier alpha value is -2.02. The van der Waals surface area contributed by atoms with Crippen LogP contribution in [0.5, 0.6) is 5.75 Å². The molecule has 1 heteroatoms. The lowest BCUT2D eigenvalue weighted by Gasteiger charge is -2.08. The van der Waals surface area contributed by atoms with Gasteiger partial charge in [0.05, 0.1) is 7.11 Å². The van der Waals surface area contributed by atoms with Crippen LogP contribution in [0.25, 0.3) is 0 Å². The Bertz CT molecular complexity index is 528. The van der Waals surface area contributed by atoms with Crippen LogP contribution in [0.1, 0.15) is 24.0 Å². The van der Waals surface area contributed by atoms with Crippen LogP contribution in [-0.4, -0.2) is 7.11 Å². The zero-order valence-electron chi connectivity index (χ0n) is 11.5. The van der Waals surface area contributed by atoms with Gasteiger partial charge >= 0.3 is 0 Å². The Balaban J connectivity index is 1.98. The smallest absolute Gasteiger partial charge is 0.119 e. The minimum absolute atomic E-state index is 0.402. The highest BCUT2D eigenvalue weighted by Crippen LogP contribution is 2.21. The molecule has 0 aromatic heterocycles. The second-order valence-electron chi connectivity index (χ2n) is 4.68. The van der Waals surface area contributed by atoms with E-state index in [-0.39, 0.29) is 0 Å². The number of methoxy groups -OCH3 is 1. The molecule has 19 heavy (non-hydrogen) atoms. The fraction of sp³-hybridized carbons (Fsp3) is 0.222. The topological polar surface area (TPSA) is 9.23 Å². The molecule has 1 atom stereocenters. The molecule has 98 valence electrons. The summed E-state index contributed by atoms with van der Waals surface area (Å²) >= 11 is 0. The SMILES string of the molecule is COc1cccc([C@@H](C)/C=C/Cc2ccccc2)c1. The van der Waals surface area contributed by atoms with E-state index in [1.54, 1.807) is 7.11 Å². The Labute approximate surface area is 115 Å². The van der Waals surface area contributed by atoms with E-state index >= 15 is 0 Å². The zero-order chi connectivity index (χ0) is 13.5. The first-order chi connectivity index (χ1) is 9.29. The molecule has 0 aliphatic carbocycles. The van der Waals surface area contributed by atoms with Crippen LogP contribution in [0.15, 0.2) is 66.7 Å². The molecule has 0 amide bonds. The molecule has 2 rings (SSSR count). The highest BCUT2D eigenvalue weighted by atomic mass is 16.5. The maximum Gasteiger partial charge on any atom is 0.119 e. The summed E-state index contributed by atoms with van der Waals surface area (Å²) in [7, 11) is 1.70. The molecule has 2 aromatic carbocycles. The van der Waals surface area contributed by atoms with Gasteiger partial charge in [-0.25, -0.2) is 0 Å². The van der Waals surface area contributed by atoms with Gasteiger partial charge in [-0.1, -0.05) is 61.5 Å². The van der Waals surface area contributed by atoms with E-state index in [9.17, 15) is 0 Å². The molecule has 1 nitrogen and oxygen atoms in total. The van der Waals surface area contributed by atoms with Crippen molar-refractivity contribution in [2.24, 2.45) is 0 Å². The molecule has 2 aromatic rings. The first kappa shape index (κ1) is 13.4. The van der Waals surface area contributed by atoms with Gasteiger partial charge < -0.3 is 4.74 Å². The highest BCUT2D eigenvalue weighted by molar-refractivity contribution is 5.32. The van der Waals surface area contributed by atoms with Gasteiger partial charge in [0.1, 0.15) is 5.75 Å². The van der Waals surface area contributed by atoms with Gasteiger partial charge in [0.25, 0.3) is 0 Å². The number of hydrogen-bond acceptors (Lipinski definition) is 1. The van der Waals surface area contributed by atoms with Crippen molar-refractivity contribution in [3.05, 3.63) is 77.9 Å². The maximum atomic E-state index is 5.25. The molecule has 0 heterocycles. The molecule has 0 fully saturated rings. The summed E-state index contributed by atoms with van der Waals surface area (Å²) in [4.78, 5) is 0. The normalized spacial score (nSPS) is 12.5. The first-order valence-electron chi connectivity index (χ1n) is 6.64. The summed E-state index contributed by atoms with van der Waals surface area (Å²) in [6.07, 6.45) is 5.47. The van der Waals surface area contributed by atoms with Crippen LogP contribution in [0.4, 0.5) is 0 Å². The summed E-state index contributed by atoms with van der Waals surface area (Å²) in [5, 5.41) is 0. The Kier molecular flexibility index (Phi) is 4.79. The van der Waals surface area contributed by atoms with Crippen LogP contribution in [0, 0.1) is 0 Å². The molecule has 0 aliphatic rings. The molecule has 0 saturated carbocycles. The summed E-state index contributed by atoms with van der Waals surface area (Å²) in [6.45, 7) is 2.20. The van der Waals surface area contributed by atoms with E-state index in [1.165, 1.54) is 11.1 Å². The van der Waals surface area contributed by atoms with Gasteiger partial charge in [0.15, 0.2) is 0 Å². The molecule has 0 aliphatic heterocycles. The fourth-order valence-corrected chi connectivity index (χ4v) is 2.06. The van der Waals surface area contributed by atoms with Crippen LogP contribution in [0.3, 0.4) is 0 Å². The summed E-state index contributed by atoms with van der Waals surface area (Å²) in [6, 6.07) is 18.8. The summed E-state index contributed by atoms with van der Waals surface area (Å²) in [5.74, 6) is 1.32. The van der Waals surface area contributed by atoms with Crippen LogP contribution in [-0.2, 0) is 6.42 Å². The van der Waals surface area contributed by atoms with Gasteiger partial charge in [-0.15, -0.1) is 0 Å². The standard InChI is InChI=1S/C18H20O/c1-15(17-12-7-13-18(14-17)19-2)8-6-11-16-9-4-3-5-10-16/h3-10,12-15H,11H2,1-2H3/b8-6+/t15-/m0/s1. The molecular formula is C18H20O. The zero-order valence-corrected chi connectivity index (χ0v) is 11.5. The molecule has 0 unspecified atom stereocenters. The van der Waals surface area contributed by atoms with Gasteiger partial charge in [-0.2, -0.15) is 0 Å². The van der Waals surface area contributed by atoms with E-state index < -0.39 is 0 Å². The molecule has 0 radical (unpaired) electrons. The Morgan fingerprint density at radius 1 is 1.05 bits per heavy atom. The monoisotopic (exact) mass is 252 g/mol. The van der Waals surface area contributed by atoms with E-state index in [2.05, 4.69) is 55.5 Å². The van der Waals surface area contributed by atoms with Crippen molar-refractivity contribution in [3.63, 3.8) is 0 Å². The number of allylic oxidation sites excluding steroid dienone is 2. The first-order valence-corrected chi connectivity index (χ1v) is 6.64. The van der Waals surface area contributed by atoms with E-state index in [0.717, 1.165) is 12.2 Å². The van der Waals surface area contributed by atoms with Crippen molar-refractivity contribution in [2.45, 2.75) is 19.3 Å². The number of hydrogen-bond donors (Lipinski definition) is 0. The quantitative estimate of drug-likeness (QED) is 0.707. The van der Waals surface area contributed by atoms with E-state index in [4.69, 9.17) is 4.74 Å². The minimum Gasteiger partial charge on any atom is -0.497 e. The van der Waals surface area contributed by atoms with Crippen molar-refractivity contribution >= 4 is 0 Å². The summed E-state index contributed by atoms with van der Waals surface area (Å²) in [5.41, 5.74) is 2.63. The molecule has 0 spiro atoms. The van der Waals surface area contributed by atoms with Gasteiger partial charge in [0, 0.05) is 0 Å². The van der Waals surface area contributed by atoms with Gasteiger partial charge in [-0.3, -0.25) is 0 Å². The average molecular weight is 252 g/mol. The average Bonchev–Trinajstić information content (AvgIpc) is 2.48.